The predicted molar refractivity (Wildman–Crippen MR) is 52.9 cm³/mol. The molecule has 0 aromatic heterocycles. The summed E-state index contributed by atoms with van der Waals surface area (Å²) < 4.78 is 0. The highest BCUT2D eigenvalue weighted by molar-refractivity contribution is 5.86. The molecule has 1 unspecified atom stereocenters. The van der Waals surface area contributed by atoms with Gasteiger partial charge in [0.05, 0.1) is 0 Å². The van der Waals surface area contributed by atoms with Gasteiger partial charge in [0.15, 0.2) is 0 Å². The fraction of sp³-hybridized carbons (Fsp3) is 0.778. The first-order valence-corrected chi connectivity index (χ1v) is 4.92. The van der Waals surface area contributed by atoms with Crippen molar-refractivity contribution in [3.63, 3.8) is 0 Å². The van der Waals surface area contributed by atoms with Gasteiger partial charge in [-0.3, -0.25) is 4.79 Å². The number of hydrogen-bond donors (Lipinski definition) is 2. The SMILES string of the molecule is CNC(=O)NC(C)C(=O)N1CCCC1. The van der Waals surface area contributed by atoms with Crippen LogP contribution in [-0.4, -0.2) is 43.0 Å². The highest BCUT2D eigenvalue weighted by atomic mass is 16.2. The van der Waals surface area contributed by atoms with E-state index in [1.807, 2.05) is 0 Å². The highest BCUT2D eigenvalue weighted by Crippen LogP contribution is 2.08. The van der Waals surface area contributed by atoms with Crippen LogP contribution in [0.25, 0.3) is 0 Å². The largest absolute Gasteiger partial charge is 0.341 e. The number of likely N-dealkylation sites (tertiary alicyclic amines) is 1. The predicted octanol–water partition coefficient (Wildman–Crippen LogP) is -0.0737. The highest BCUT2D eigenvalue weighted by Gasteiger charge is 2.23. The van der Waals surface area contributed by atoms with Gasteiger partial charge in [-0.15, -0.1) is 0 Å². The molecule has 0 bridgehead atoms. The van der Waals surface area contributed by atoms with E-state index in [-0.39, 0.29) is 11.9 Å². The van der Waals surface area contributed by atoms with Gasteiger partial charge >= 0.3 is 6.03 Å². The molecule has 1 atom stereocenters. The second-order valence-corrected chi connectivity index (χ2v) is 3.48. The van der Waals surface area contributed by atoms with E-state index in [4.69, 9.17) is 0 Å². The van der Waals surface area contributed by atoms with Gasteiger partial charge in [0.25, 0.3) is 0 Å². The fourth-order valence-electron chi connectivity index (χ4n) is 1.54. The Kier molecular flexibility index (Phi) is 3.73. The molecule has 1 aliphatic rings. The lowest BCUT2D eigenvalue weighted by Crippen LogP contribution is -2.48. The van der Waals surface area contributed by atoms with Gasteiger partial charge in [-0.1, -0.05) is 0 Å². The first-order valence-electron chi connectivity index (χ1n) is 4.92. The summed E-state index contributed by atoms with van der Waals surface area (Å²) in [7, 11) is 1.53. The molecule has 0 aliphatic carbocycles. The first-order chi connectivity index (χ1) is 6.65. The third-order valence-corrected chi connectivity index (χ3v) is 2.36. The minimum Gasteiger partial charge on any atom is -0.341 e. The number of nitrogens with one attached hydrogen (secondary N) is 2. The fourth-order valence-corrected chi connectivity index (χ4v) is 1.54. The summed E-state index contributed by atoms with van der Waals surface area (Å²) in [6.45, 7) is 3.34. The Hall–Kier alpha value is -1.26. The maximum Gasteiger partial charge on any atom is 0.315 e. The van der Waals surface area contributed by atoms with Crippen LogP contribution in [0.2, 0.25) is 0 Å². The Morgan fingerprint density at radius 3 is 2.36 bits per heavy atom. The molecule has 1 saturated heterocycles. The number of rotatable bonds is 2. The van der Waals surface area contributed by atoms with Crippen molar-refractivity contribution in [1.29, 1.82) is 0 Å². The van der Waals surface area contributed by atoms with Gasteiger partial charge in [0.1, 0.15) is 6.04 Å². The molecule has 1 heterocycles. The number of amides is 3. The number of nitrogens with zero attached hydrogens (tertiary/aromatic N) is 1. The van der Waals surface area contributed by atoms with Gasteiger partial charge in [0.2, 0.25) is 5.91 Å². The quantitative estimate of drug-likeness (QED) is 0.653. The zero-order valence-electron chi connectivity index (χ0n) is 8.67. The minimum absolute atomic E-state index is 0.00565. The van der Waals surface area contributed by atoms with Gasteiger partial charge in [-0.05, 0) is 19.8 Å². The Morgan fingerprint density at radius 2 is 1.86 bits per heavy atom. The molecule has 5 heteroatoms. The molecule has 0 saturated carbocycles. The Labute approximate surface area is 83.8 Å². The van der Waals surface area contributed by atoms with Crippen LogP contribution in [0.15, 0.2) is 0 Å². The standard InChI is InChI=1S/C9H17N3O2/c1-7(11-9(14)10-2)8(13)12-5-3-4-6-12/h7H,3-6H2,1-2H3,(H2,10,11,14). The van der Waals surface area contributed by atoms with Gasteiger partial charge in [-0.2, -0.15) is 0 Å². The summed E-state index contributed by atoms with van der Waals surface area (Å²) in [6.07, 6.45) is 2.14. The summed E-state index contributed by atoms with van der Waals surface area (Å²) in [5.41, 5.74) is 0. The normalized spacial score (nSPS) is 17.7. The van der Waals surface area contributed by atoms with E-state index in [2.05, 4.69) is 10.6 Å². The molecule has 5 nitrogen and oxygen atoms in total. The first kappa shape index (κ1) is 10.8. The molecule has 0 aromatic rings. The van der Waals surface area contributed by atoms with Crippen LogP contribution in [0.5, 0.6) is 0 Å². The molecule has 0 spiro atoms. The summed E-state index contributed by atoms with van der Waals surface area (Å²) in [5, 5.41) is 4.99. The lowest BCUT2D eigenvalue weighted by molar-refractivity contribution is -0.131. The van der Waals surface area contributed by atoms with Crippen LogP contribution in [-0.2, 0) is 4.79 Å². The molecule has 2 N–H and O–H groups in total. The van der Waals surface area contributed by atoms with Crippen LogP contribution < -0.4 is 10.6 Å². The minimum atomic E-state index is -0.437. The summed E-state index contributed by atoms with van der Waals surface area (Å²) >= 11 is 0. The molecule has 1 aliphatic heterocycles. The molecular formula is C9H17N3O2. The summed E-state index contributed by atoms with van der Waals surface area (Å²) in [5.74, 6) is 0.00565. The third-order valence-electron chi connectivity index (χ3n) is 2.36. The van der Waals surface area contributed by atoms with E-state index in [1.165, 1.54) is 7.05 Å². The summed E-state index contributed by atoms with van der Waals surface area (Å²) in [6, 6.07) is -0.752. The van der Waals surface area contributed by atoms with Gasteiger partial charge in [-0.25, -0.2) is 4.79 Å². The van der Waals surface area contributed by atoms with Crippen LogP contribution in [0.1, 0.15) is 19.8 Å². The van der Waals surface area contributed by atoms with Crippen LogP contribution in [0.4, 0.5) is 4.79 Å². The van der Waals surface area contributed by atoms with Crippen molar-refractivity contribution in [2.45, 2.75) is 25.8 Å². The smallest absolute Gasteiger partial charge is 0.315 e. The maximum absolute atomic E-state index is 11.7. The Balaban J connectivity index is 2.39. The van der Waals surface area contributed by atoms with Gasteiger partial charge in [0, 0.05) is 20.1 Å². The van der Waals surface area contributed by atoms with Gasteiger partial charge < -0.3 is 15.5 Å². The van der Waals surface area contributed by atoms with Crippen molar-refractivity contribution < 1.29 is 9.59 Å². The van der Waals surface area contributed by atoms with Crippen molar-refractivity contribution in [2.75, 3.05) is 20.1 Å². The molecule has 80 valence electrons. The van der Waals surface area contributed by atoms with E-state index in [9.17, 15) is 9.59 Å². The molecule has 0 radical (unpaired) electrons. The van der Waals surface area contributed by atoms with Crippen molar-refractivity contribution in [3.8, 4) is 0 Å². The third kappa shape index (κ3) is 2.61. The molecule has 3 amide bonds. The number of carbonyl (C=O) groups excluding carboxylic acids is 2. The number of urea groups is 1. The maximum atomic E-state index is 11.7. The second-order valence-electron chi connectivity index (χ2n) is 3.48. The average Bonchev–Trinajstić information content (AvgIpc) is 2.69. The van der Waals surface area contributed by atoms with Crippen LogP contribution in [0, 0.1) is 0 Å². The van der Waals surface area contributed by atoms with Crippen LogP contribution in [0.3, 0.4) is 0 Å². The lowest BCUT2D eigenvalue weighted by atomic mass is 10.3. The Morgan fingerprint density at radius 1 is 1.29 bits per heavy atom. The Bertz CT molecular complexity index is 224. The molecule has 14 heavy (non-hydrogen) atoms. The van der Waals surface area contributed by atoms with Crippen molar-refractivity contribution in [1.82, 2.24) is 15.5 Å². The van der Waals surface area contributed by atoms with E-state index in [0.717, 1.165) is 25.9 Å². The average molecular weight is 199 g/mol. The van der Waals surface area contributed by atoms with E-state index in [0.29, 0.717) is 0 Å². The monoisotopic (exact) mass is 199 g/mol. The van der Waals surface area contributed by atoms with E-state index < -0.39 is 6.04 Å². The van der Waals surface area contributed by atoms with E-state index >= 15 is 0 Å². The molecule has 1 fully saturated rings. The zero-order chi connectivity index (χ0) is 10.6. The number of carbonyl (C=O) groups is 2. The molecule has 1 rings (SSSR count). The van der Waals surface area contributed by atoms with E-state index in [1.54, 1.807) is 11.8 Å². The van der Waals surface area contributed by atoms with Crippen LogP contribution >= 0.6 is 0 Å². The topological polar surface area (TPSA) is 61.4 Å². The van der Waals surface area contributed by atoms with Crippen molar-refractivity contribution in [3.05, 3.63) is 0 Å². The van der Waals surface area contributed by atoms with Crippen molar-refractivity contribution in [2.24, 2.45) is 0 Å². The lowest BCUT2D eigenvalue weighted by Gasteiger charge is -2.20. The zero-order valence-corrected chi connectivity index (χ0v) is 8.67. The summed E-state index contributed by atoms with van der Waals surface area (Å²) in [4.78, 5) is 24.4. The molecule has 0 aromatic carbocycles. The second kappa shape index (κ2) is 4.83. The molecular weight excluding hydrogens is 182 g/mol. The number of hydrogen-bond acceptors (Lipinski definition) is 2. The van der Waals surface area contributed by atoms with Crippen molar-refractivity contribution >= 4 is 11.9 Å².